The van der Waals surface area contributed by atoms with E-state index in [4.69, 9.17) is 9.47 Å². The molecule has 0 saturated heterocycles. The van der Waals surface area contributed by atoms with Gasteiger partial charge in [0.05, 0.1) is 6.54 Å². The number of hydrogen-bond donors (Lipinski definition) is 2. The van der Waals surface area contributed by atoms with Crippen molar-refractivity contribution in [3.8, 4) is 11.5 Å². The van der Waals surface area contributed by atoms with E-state index in [0.29, 0.717) is 36.6 Å². The first-order valence-electron chi connectivity index (χ1n) is 9.22. The molecule has 2 N–H and O–H groups in total. The number of rotatable bonds is 7. The number of anilines is 1. The topological polar surface area (TPSA) is 76.7 Å². The van der Waals surface area contributed by atoms with E-state index in [1.165, 1.54) is 0 Å². The molecule has 2 amide bonds. The molecule has 6 heteroatoms. The molecule has 1 atom stereocenters. The molecule has 1 aliphatic heterocycles. The quantitative estimate of drug-likeness (QED) is 0.785. The molecule has 0 fully saturated rings. The minimum absolute atomic E-state index is 0.0104. The number of fused-ring (bicyclic) bond motifs is 1. The molecular formula is C21H24N2O4. The fraction of sp³-hybridized carbons (Fsp3) is 0.333. The highest BCUT2D eigenvalue weighted by atomic mass is 16.6. The van der Waals surface area contributed by atoms with E-state index in [-0.39, 0.29) is 17.9 Å². The van der Waals surface area contributed by atoms with E-state index < -0.39 is 0 Å². The Hall–Kier alpha value is -3.02. The second-order valence-corrected chi connectivity index (χ2v) is 6.44. The van der Waals surface area contributed by atoms with E-state index >= 15 is 0 Å². The van der Waals surface area contributed by atoms with Crippen LogP contribution in [0.15, 0.2) is 48.5 Å². The van der Waals surface area contributed by atoms with Gasteiger partial charge in [0.2, 0.25) is 5.91 Å². The summed E-state index contributed by atoms with van der Waals surface area (Å²) >= 11 is 0. The van der Waals surface area contributed by atoms with Crippen molar-refractivity contribution in [2.75, 3.05) is 18.5 Å². The molecule has 0 aliphatic carbocycles. The molecule has 0 bridgehead atoms. The summed E-state index contributed by atoms with van der Waals surface area (Å²) in [5.41, 5.74) is 1.21. The predicted molar refractivity (Wildman–Crippen MR) is 103 cm³/mol. The van der Waals surface area contributed by atoms with Crippen LogP contribution in [-0.2, 0) is 4.79 Å². The molecule has 3 rings (SSSR count). The number of carbonyl (C=O) groups excluding carboxylic acids is 2. The van der Waals surface area contributed by atoms with Crippen LogP contribution in [0.4, 0.5) is 5.69 Å². The second-order valence-electron chi connectivity index (χ2n) is 6.44. The fourth-order valence-electron chi connectivity index (χ4n) is 2.74. The number of para-hydroxylation sites is 2. The second kappa shape index (κ2) is 9.07. The highest BCUT2D eigenvalue weighted by Crippen LogP contribution is 2.30. The van der Waals surface area contributed by atoms with Crippen molar-refractivity contribution in [2.45, 2.75) is 32.3 Å². The standard InChI is InChI=1S/C21H24N2O4/c1-2-3-8-20(24)23-16-11-9-15(10-12-16)21(25)22-13-17-14-26-18-6-4-5-7-19(18)27-17/h4-7,9-12,17H,2-3,8,13-14H2,1H3,(H,22,25)(H,23,24). The Morgan fingerprint density at radius 3 is 2.56 bits per heavy atom. The van der Waals surface area contributed by atoms with Gasteiger partial charge in [-0.3, -0.25) is 9.59 Å². The lowest BCUT2D eigenvalue weighted by Gasteiger charge is -2.26. The van der Waals surface area contributed by atoms with E-state index in [0.717, 1.165) is 18.6 Å². The Labute approximate surface area is 158 Å². The van der Waals surface area contributed by atoms with Crippen molar-refractivity contribution in [3.63, 3.8) is 0 Å². The summed E-state index contributed by atoms with van der Waals surface area (Å²) in [6, 6.07) is 14.3. The molecule has 0 aromatic heterocycles. The lowest BCUT2D eigenvalue weighted by Crippen LogP contribution is -2.40. The highest BCUT2D eigenvalue weighted by molar-refractivity contribution is 5.95. The first-order chi connectivity index (χ1) is 13.2. The van der Waals surface area contributed by atoms with Crippen molar-refractivity contribution in [1.82, 2.24) is 5.32 Å². The number of amides is 2. The van der Waals surface area contributed by atoms with E-state index in [1.807, 2.05) is 31.2 Å². The Bertz CT molecular complexity index is 789. The third-order valence-electron chi connectivity index (χ3n) is 4.25. The van der Waals surface area contributed by atoms with Gasteiger partial charge < -0.3 is 20.1 Å². The van der Waals surface area contributed by atoms with Crippen molar-refractivity contribution in [1.29, 1.82) is 0 Å². The summed E-state index contributed by atoms with van der Waals surface area (Å²) < 4.78 is 11.5. The molecule has 1 unspecified atom stereocenters. The molecule has 1 heterocycles. The van der Waals surface area contributed by atoms with E-state index in [1.54, 1.807) is 24.3 Å². The first-order valence-corrected chi connectivity index (χ1v) is 9.22. The maximum atomic E-state index is 12.3. The smallest absolute Gasteiger partial charge is 0.251 e. The third kappa shape index (κ3) is 5.23. The maximum Gasteiger partial charge on any atom is 0.251 e. The molecule has 1 aliphatic rings. The van der Waals surface area contributed by atoms with Crippen molar-refractivity contribution >= 4 is 17.5 Å². The minimum atomic E-state index is -0.235. The van der Waals surface area contributed by atoms with E-state index in [2.05, 4.69) is 10.6 Å². The Balaban J connectivity index is 1.48. The monoisotopic (exact) mass is 368 g/mol. The van der Waals surface area contributed by atoms with Gasteiger partial charge in [-0.2, -0.15) is 0 Å². The molecule has 2 aromatic rings. The zero-order valence-corrected chi connectivity index (χ0v) is 15.4. The average Bonchev–Trinajstić information content (AvgIpc) is 2.71. The Kier molecular flexibility index (Phi) is 6.30. The molecule has 0 radical (unpaired) electrons. The third-order valence-corrected chi connectivity index (χ3v) is 4.25. The molecule has 0 spiro atoms. The van der Waals surface area contributed by atoms with Gasteiger partial charge in [0.15, 0.2) is 11.5 Å². The molecule has 142 valence electrons. The summed E-state index contributed by atoms with van der Waals surface area (Å²) in [7, 11) is 0. The fourth-order valence-corrected chi connectivity index (χ4v) is 2.74. The van der Waals surface area contributed by atoms with Crippen LogP contribution in [0.5, 0.6) is 11.5 Å². The normalized spacial score (nSPS) is 15.1. The summed E-state index contributed by atoms with van der Waals surface area (Å²) in [5.74, 6) is 1.20. The Morgan fingerprint density at radius 1 is 1.07 bits per heavy atom. The van der Waals surface area contributed by atoms with Gasteiger partial charge in [0.25, 0.3) is 5.91 Å². The van der Waals surface area contributed by atoms with Crippen LogP contribution in [0.3, 0.4) is 0 Å². The van der Waals surface area contributed by atoms with Gasteiger partial charge in [0, 0.05) is 17.7 Å². The molecule has 27 heavy (non-hydrogen) atoms. The number of benzene rings is 2. The number of nitrogens with one attached hydrogen (secondary N) is 2. The highest BCUT2D eigenvalue weighted by Gasteiger charge is 2.21. The molecule has 0 saturated carbocycles. The first kappa shape index (κ1) is 18.8. The number of carbonyl (C=O) groups is 2. The van der Waals surface area contributed by atoms with Crippen LogP contribution in [0.2, 0.25) is 0 Å². The van der Waals surface area contributed by atoms with Gasteiger partial charge in [-0.15, -0.1) is 0 Å². The number of ether oxygens (including phenoxy) is 2. The van der Waals surface area contributed by atoms with Gasteiger partial charge >= 0.3 is 0 Å². The summed E-state index contributed by atoms with van der Waals surface area (Å²) in [6.45, 7) is 2.78. The van der Waals surface area contributed by atoms with Crippen LogP contribution >= 0.6 is 0 Å². The zero-order valence-electron chi connectivity index (χ0n) is 15.4. The average molecular weight is 368 g/mol. The maximum absolute atomic E-state index is 12.3. The van der Waals surface area contributed by atoms with Gasteiger partial charge in [-0.05, 0) is 42.8 Å². The van der Waals surface area contributed by atoms with Gasteiger partial charge in [-0.25, -0.2) is 0 Å². The number of hydrogen-bond acceptors (Lipinski definition) is 4. The van der Waals surface area contributed by atoms with Crippen molar-refractivity contribution in [2.24, 2.45) is 0 Å². The molecule has 6 nitrogen and oxygen atoms in total. The summed E-state index contributed by atoms with van der Waals surface area (Å²) in [4.78, 5) is 24.1. The van der Waals surface area contributed by atoms with Crippen LogP contribution < -0.4 is 20.1 Å². The van der Waals surface area contributed by atoms with Crippen LogP contribution in [-0.4, -0.2) is 31.1 Å². The van der Waals surface area contributed by atoms with E-state index in [9.17, 15) is 9.59 Å². The number of unbranched alkanes of at least 4 members (excludes halogenated alkanes) is 1. The predicted octanol–water partition coefficient (Wildman–Crippen LogP) is 3.39. The van der Waals surface area contributed by atoms with Crippen LogP contribution in [0.1, 0.15) is 36.5 Å². The molecular weight excluding hydrogens is 344 g/mol. The van der Waals surface area contributed by atoms with Crippen LogP contribution in [0.25, 0.3) is 0 Å². The van der Waals surface area contributed by atoms with Gasteiger partial charge in [0.1, 0.15) is 12.7 Å². The Morgan fingerprint density at radius 2 is 1.81 bits per heavy atom. The summed E-state index contributed by atoms with van der Waals surface area (Å²) in [5, 5.41) is 5.69. The lowest BCUT2D eigenvalue weighted by molar-refractivity contribution is -0.116. The SMILES string of the molecule is CCCCC(=O)Nc1ccc(C(=O)NCC2COc3ccccc3O2)cc1. The van der Waals surface area contributed by atoms with Gasteiger partial charge in [-0.1, -0.05) is 25.5 Å². The largest absolute Gasteiger partial charge is 0.486 e. The van der Waals surface area contributed by atoms with Crippen molar-refractivity contribution in [3.05, 3.63) is 54.1 Å². The lowest BCUT2D eigenvalue weighted by atomic mass is 10.2. The van der Waals surface area contributed by atoms with Crippen molar-refractivity contribution < 1.29 is 19.1 Å². The van der Waals surface area contributed by atoms with Crippen LogP contribution in [0, 0.1) is 0 Å². The zero-order chi connectivity index (χ0) is 19.1. The molecule has 2 aromatic carbocycles. The summed E-state index contributed by atoms with van der Waals surface area (Å²) in [6.07, 6.45) is 2.11. The minimum Gasteiger partial charge on any atom is -0.486 e.